The number of fused-ring (bicyclic) bond motifs is 1. The SMILES string of the molecule is COc1ccc2c(c1)C(=O)CC(=O)O2.CS(=O)(=O)c1ccccc1I. The lowest BCUT2D eigenvalue weighted by atomic mass is 10.0. The second kappa shape index (κ2) is 7.96. The Morgan fingerprint density at radius 2 is 1.80 bits per heavy atom. The standard InChI is InChI=1S/C10H8O4.C7H7IO2S/c1-13-6-2-3-9-7(4-6)8(11)5-10(12)14-9;1-11(9,10)7-5-3-2-4-6(7)8/h2-4H,5H2,1H3;2-5H,1H3. The molecule has 0 saturated heterocycles. The molecule has 0 N–H and O–H groups in total. The Hall–Kier alpha value is -1.94. The summed E-state index contributed by atoms with van der Waals surface area (Å²) < 4.78 is 32.7. The van der Waals surface area contributed by atoms with E-state index in [1.54, 1.807) is 36.4 Å². The summed E-state index contributed by atoms with van der Waals surface area (Å²) in [4.78, 5) is 22.7. The number of Topliss-reactive ketones (excluding diaryl/α,β-unsaturated/α-hetero) is 1. The Kier molecular flexibility index (Phi) is 6.17. The molecule has 2 aromatic rings. The first-order chi connectivity index (χ1) is 11.7. The second-order valence-electron chi connectivity index (χ2n) is 5.14. The lowest BCUT2D eigenvalue weighted by molar-refractivity contribution is -0.133. The number of hydrogen-bond acceptors (Lipinski definition) is 6. The summed E-state index contributed by atoms with van der Waals surface area (Å²) in [5, 5.41) is 0. The molecule has 0 fully saturated rings. The van der Waals surface area contributed by atoms with Crippen LogP contribution in [0.5, 0.6) is 11.5 Å². The van der Waals surface area contributed by atoms with Crippen LogP contribution in [0.1, 0.15) is 16.8 Å². The van der Waals surface area contributed by atoms with Gasteiger partial charge in [-0.3, -0.25) is 9.59 Å². The number of rotatable bonds is 2. The van der Waals surface area contributed by atoms with Crippen LogP contribution < -0.4 is 9.47 Å². The van der Waals surface area contributed by atoms with E-state index in [4.69, 9.17) is 9.47 Å². The molecule has 0 aliphatic carbocycles. The van der Waals surface area contributed by atoms with Crippen molar-refractivity contribution in [1.82, 2.24) is 0 Å². The predicted molar refractivity (Wildman–Crippen MR) is 99.8 cm³/mol. The first kappa shape index (κ1) is 19.4. The number of carbonyl (C=O) groups excluding carboxylic acids is 2. The number of ketones is 1. The molecular weight excluding hydrogens is 459 g/mol. The van der Waals surface area contributed by atoms with Crippen LogP contribution in [-0.2, 0) is 14.6 Å². The average Bonchev–Trinajstić information content (AvgIpc) is 2.54. The highest BCUT2D eigenvalue weighted by Gasteiger charge is 2.24. The highest BCUT2D eigenvalue weighted by Crippen LogP contribution is 2.28. The molecular formula is C17H15IO6S. The molecule has 1 aliphatic rings. The number of ether oxygens (including phenoxy) is 2. The van der Waals surface area contributed by atoms with Gasteiger partial charge in [0.15, 0.2) is 15.6 Å². The van der Waals surface area contributed by atoms with Gasteiger partial charge in [0.25, 0.3) is 0 Å². The van der Waals surface area contributed by atoms with Crippen molar-refractivity contribution in [2.24, 2.45) is 0 Å². The Balaban J connectivity index is 0.000000186. The van der Waals surface area contributed by atoms with Crippen LogP contribution in [0.2, 0.25) is 0 Å². The van der Waals surface area contributed by atoms with Gasteiger partial charge in [-0.15, -0.1) is 0 Å². The van der Waals surface area contributed by atoms with Crippen molar-refractivity contribution in [1.29, 1.82) is 0 Å². The summed E-state index contributed by atoms with van der Waals surface area (Å²) >= 11 is 2.01. The molecule has 0 radical (unpaired) electrons. The van der Waals surface area contributed by atoms with Crippen LogP contribution in [0.15, 0.2) is 47.4 Å². The normalized spacial score (nSPS) is 13.2. The first-order valence-electron chi connectivity index (χ1n) is 7.09. The zero-order chi connectivity index (χ0) is 18.6. The fourth-order valence-electron chi connectivity index (χ4n) is 2.07. The molecule has 0 bridgehead atoms. The molecule has 2 aromatic carbocycles. The first-order valence-corrected chi connectivity index (χ1v) is 10.1. The summed E-state index contributed by atoms with van der Waals surface area (Å²) in [5.41, 5.74) is 0.406. The topological polar surface area (TPSA) is 86.7 Å². The van der Waals surface area contributed by atoms with Crippen LogP contribution in [0.25, 0.3) is 0 Å². The van der Waals surface area contributed by atoms with E-state index in [9.17, 15) is 18.0 Å². The highest BCUT2D eigenvalue weighted by atomic mass is 127. The van der Waals surface area contributed by atoms with Crippen molar-refractivity contribution in [3.05, 3.63) is 51.6 Å². The maximum absolute atomic E-state index is 11.4. The molecule has 3 rings (SSSR count). The maximum atomic E-state index is 11.4. The van der Waals surface area contributed by atoms with Crippen molar-refractivity contribution in [2.75, 3.05) is 13.4 Å². The summed E-state index contributed by atoms with van der Waals surface area (Å²) in [7, 11) is -1.53. The van der Waals surface area contributed by atoms with Crippen LogP contribution in [0.4, 0.5) is 0 Å². The largest absolute Gasteiger partial charge is 0.497 e. The Morgan fingerprint density at radius 1 is 1.12 bits per heavy atom. The van der Waals surface area contributed by atoms with Gasteiger partial charge >= 0.3 is 5.97 Å². The maximum Gasteiger partial charge on any atom is 0.319 e. The number of methoxy groups -OCH3 is 1. The lowest BCUT2D eigenvalue weighted by Gasteiger charge is -2.14. The Morgan fingerprint density at radius 3 is 2.36 bits per heavy atom. The third kappa shape index (κ3) is 5.02. The fraction of sp³-hybridized carbons (Fsp3) is 0.176. The van der Waals surface area contributed by atoms with Gasteiger partial charge in [-0.25, -0.2) is 8.42 Å². The molecule has 132 valence electrons. The van der Waals surface area contributed by atoms with Crippen molar-refractivity contribution in [3.63, 3.8) is 0 Å². The quantitative estimate of drug-likeness (QED) is 0.288. The van der Waals surface area contributed by atoms with Crippen LogP contribution >= 0.6 is 22.6 Å². The Labute approximate surface area is 159 Å². The smallest absolute Gasteiger partial charge is 0.319 e. The third-order valence-corrected chi connectivity index (χ3v) is 5.71. The molecule has 1 heterocycles. The molecule has 0 aromatic heterocycles. The van der Waals surface area contributed by atoms with Gasteiger partial charge in [-0.1, -0.05) is 12.1 Å². The van der Waals surface area contributed by atoms with Crippen molar-refractivity contribution in [2.45, 2.75) is 11.3 Å². The number of halogens is 1. The van der Waals surface area contributed by atoms with Crippen LogP contribution in [0.3, 0.4) is 0 Å². The van der Waals surface area contributed by atoms with E-state index in [-0.39, 0.29) is 12.2 Å². The van der Waals surface area contributed by atoms with Gasteiger partial charge in [0.05, 0.1) is 17.6 Å². The predicted octanol–water partition coefficient (Wildman–Crippen LogP) is 2.88. The molecule has 1 aliphatic heterocycles. The van der Waals surface area contributed by atoms with Crippen LogP contribution in [0, 0.1) is 3.57 Å². The van der Waals surface area contributed by atoms with Crippen molar-refractivity contribution in [3.8, 4) is 11.5 Å². The lowest BCUT2D eigenvalue weighted by Crippen LogP contribution is -2.21. The van der Waals surface area contributed by atoms with E-state index in [0.717, 1.165) is 3.57 Å². The van der Waals surface area contributed by atoms with Crippen molar-refractivity contribution < 1.29 is 27.5 Å². The summed E-state index contributed by atoms with van der Waals surface area (Å²) in [6, 6.07) is 11.7. The molecule has 0 atom stereocenters. The number of carbonyl (C=O) groups is 2. The fourth-order valence-corrected chi connectivity index (χ4v) is 4.41. The van der Waals surface area contributed by atoms with E-state index >= 15 is 0 Å². The molecule has 0 unspecified atom stereocenters. The van der Waals surface area contributed by atoms with Gasteiger partial charge in [-0.2, -0.15) is 0 Å². The molecule has 0 amide bonds. The van der Waals surface area contributed by atoms with E-state index in [1.165, 1.54) is 13.4 Å². The minimum atomic E-state index is -3.04. The molecule has 25 heavy (non-hydrogen) atoms. The second-order valence-corrected chi connectivity index (χ2v) is 8.29. The van der Waals surface area contributed by atoms with Gasteiger partial charge in [0, 0.05) is 9.83 Å². The van der Waals surface area contributed by atoms with Crippen LogP contribution in [-0.4, -0.2) is 33.5 Å². The van der Waals surface area contributed by atoms with Gasteiger partial charge in [0.2, 0.25) is 0 Å². The molecule has 6 nitrogen and oxygen atoms in total. The molecule has 0 spiro atoms. The highest BCUT2D eigenvalue weighted by molar-refractivity contribution is 14.1. The monoisotopic (exact) mass is 474 g/mol. The zero-order valence-corrected chi connectivity index (χ0v) is 16.5. The van der Waals surface area contributed by atoms with Gasteiger partial charge < -0.3 is 9.47 Å². The molecule has 0 saturated carbocycles. The zero-order valence-electron chi connectivity index (χ0n) is 13.5. The van der Waals surface area contributed by atoms with E-state index in [1.807, 2.05) is 28.7 Å². The number of benzene rings is 2. The molecule has 8 heteroatoms. The number of esters is 1. The third-order valence-electron chi connectivity index (χ3n) is 3.25. The minimum absolute atomic E-state index is 0.194. The van der Waals surface area contributed by atoms with Gasteiger partial charge in [-0.05, 0) is 52.9 Å². The Bertz CT molecular complexity index is 920. The summed E-state index contributed by atoms with van der Waals surface area (Å²) in [6.07, 6.45) is 1.02. The van der Waals surface area contributed by atoms with Gasteiger partial charge in [0.1, 0.15) is 17.9 Å². The summed E-state index contributed by atoms with van der Waals surface area (Å²) in [6.45, 7) is 0. The van der Waals surface area contributed by atoms with E-state index in [2.05, 4.69) is 0 Å². The minimum Gasteiger partial charge on any atom is -0.497 e. The average molecular weight is 474 g/mol. The van der Waals surface area contributed by atoms with E-state index < -0.39 is 15.8 Å². The van der Waals surface area contributed by atoms with Crippen molar-refractivity contribution >= 4 is 44.2 Å². The van der Waals surface area contributed by atoms with E-state index in [0.29, 0.717) is 22.0 Å². The number of sulfone groups is 1. The summed E-state index contributed by atoms with van der Waals surface area (Å²) in [5.74, 6) is 0.157. The number of hydrogen-bond donors (Lipinski definition) is 0.